The lowest BCUT2D eigenvalue weighted by atomic mass is 9.89. The predicted octanol–water partition coefficient (Wildman–Crippen LogP) is 7.24. The van der Waals surface area contributed by atoms with Crippen molar-refractivity contribution in [2.45, 2.75) is 79.1 Å². The second kappa shape index (κ2) is 9.35. The summed E-state index contributed by atoms with van der Waals surface area (Å²) in [6.07, 6.45) is 0. The molecule has 0 unspecified atom stereocenters. The fraction of sp³-hybridized carbons (Fsp3) is 0.500. The monoisotopic (exact) mass is 363 g/mol. The maximum Gasteiger partial charge on any atom is 0.385 e. The number of benzene rings is 2. The molecule has 0 fully saturated rings. The van der Waals surface area contributed by atoms with Crippen LogP contribution in [0.5, 0.6) is 0 Å². The van der Waals surface area contributed by atoms with Gasteiger partial charge in [0.2, 0.25) is 0 Å². The summed E-state index contributed by atoms with van der Waals surface area (Å²) in [5, 5.41) is 7.18. The lowest BCUT2D eigenvalue weighted by molar-refractivity contribution is 0.838. The number of para-hydroxylation sites is 2. The minimum Gasteiger partial charge on any atom is -0.412 e. The molecule has 145 valence electrons. The largest absolute Gasteiger partial charge is 0.412 e. The van der Waals surface area contributed by atoms with Gasteiger partial charge < -0.3 is 10.5 Å². The van der Waals surface area contributed by atoms with Gasteiger partial charge in [-0.2, -0.15) is 0 Å². The number of rotatable bonds is 8. The molecule has 0 amide bonds. The van der Waals surface area contributed by atoms with E-state index in [0.29, 0.717) is 23.7 Å². The summed E-state index contributed by atoms with van der Waals surface area (Å²) in [6.45, 7) is 18.0. The van der Waals surface area contributed by atoms with Crippen LogP contribution in [0.25, 0.3) is 0 Å². The van der Waals surface area contributed by atoms with Crippen molar-refractivity contribution in [3.8, 4) is 0 Å². The van der Waals surface area contributed by atoms with Crippen LogP contribution in [0.15, 0.2) is 36.4 Å². The van der Waals surface area contributed by atoms with E-state index in [2.05, 4.69) is 102 Å². The average Bonchev–Trinajstić information content (AvgIpc) is 2.61. The van der Waals surface area contributed by atoms with Gasteiger partial charge in [-0.3, -0.25) is 0 Å². The van der Waals surface area contributed by atoms with E-state index >= 15 is 0 Å². The zero-order valence-corrected chi connectivity index (χ0v) is 18.4. The molecule has 1 radical (unpaired) electrons. The molecule has 3 heteroatoms. The molecule has 2 rings (SSSR count). The first kappa shape index (κ1) is 21.4. The third-order valence-corrected chi connectivity index (χ3v) is 5.18. The van der Waals surface area contributed by atoms with Crippen LogP contribution >= 0.6 is 0 Å². The Labute approximate surface area is 167 Å². The molecule has 2 aromatic rings. The second-order valence-electron chi connectivity index (χ2n) is 8.67. The molecule has 0 heterocycles. The van der Waals surface area contributed by atoms with Crippen LogP contribution in [0, 0.1) is 0 Å². The summed E-state index contributed by atoms with van der Waals surface area (Å²) >= 11 is 0. The predicted molar refractivity (Wildman–Crippen MR) is 122 cm³/mol. The van der Waals surface area contributed by atoms with Crippen molar-refractivity contribution >= 4 is 18.9 Å². The molecule has 0 atom stereocenters. The van der Waals surface area contributed by atoms with Crippen LogP contribution in [-0.2, 0) is 0 Å². The lowest BCUT2D eigenvalue weighted by Crippen LogP contribution is -2.21. The summed E-state index contributed by atoms with van der Waals surface area (Å²) < 4.78 is 0. The van der Waals surface area contributed by atoms with Crippen molar-refractivity contribution in [3.05, 3.63) is 58.7 Å². The number of hydrogen-bond donors (Lipinski definition) is 2. The van der Waals surface area contributed by atoms with Crippen LogP contribution in [0.2, 0.25) is 0 Å². The molecule has 0 aromatic heterocycles. The van der Waals surface area contributed by atoms with Gasteiger partial charge in [0.05, 0.1) is 0 Å². The molecule has 27 heavy (non-hydrogen) atoms. The second-order valence-corrected chi connectivity index (χ2v) is 8.67. The smallest absolute Gasteiger partial charge is 0.385 e. The van der Waals surface area contributed by atoms with E-state index in [1.165, 1.54) is 33.6 Å². The van der Waals surface area contributed by atoms with Crippen molar-refractivity contribution in [3.63, 3.8) is 0 Å². The highest BCUT2D eigenvalue weighted by Gasteiger charge is 2.16. The average molecular weight is 363 g/mol. The zero-order valence-electron chi connectivity index (χ0n) is 18.4. The Balaban J connectivity index is 2.30. The third kappa shape index (κ3) is 5.09. The van der Waals surface area contributed by atoms with Gasteiger partial charge in [-0.25, -0.2) is 0 Å². The molecule has 0 aliphatic rings. The van der Waals surface area contributed by atoms with Crippen molar-refractivity contribution < 1.29 is 0 Å². The quantitative estimate of drug-likeness (QED) is 0.483. The zero-order chi connectivity index (χ0) is 20.1. The number of nitrogens with one attached hydrogen (secondary N) is 2. The Kier molecular flexibility index (Phi) is 7.41. The molecule has 0 saturated heterocycles. The summed E-state index contributed by atoms with van der Waals surface area (Å²) in [5.41, 5.74) is 7.92. The highest BCUT2D eigenvalue weighted by atomic mass is 14.9. The molecule has 0 spiro atoms. The molecule has 0 saturated carbocycles. The lowest BCUT2D eigenvalue weighted by Gasteiger charge is -2.23. The topological polar surface area (TPSA) is 24.1 Å². The molecule has 2 aromatic carbocycles. The van der Waals surface area contributed by atoms with Gasteiger partial charge in [-0.05, 0) is 45.9 Å². The van der Waals surface area contributed by atoms with Gasteiger partial charge >= 0.3 is 7.55 Å². The van der Waals surface area contributed by atoms with E-state index < -0.39 is 0 Å². The SMILES string of the molecule is CC(C)c1cccc(C(C)C)c1N[B]Nc1c(C(C)C)cccc1C(C)C. The normalized spacial score (nSPS) is 11.6. The molecule has 2 nitrogen and oxygen atoms in total. The molecule has 0 bridgehead atoms. The van der Waals surface area contributed by atoms with E-state index in [-0.39, 0.29) is 0 Å². The highest BCUT2D eigenvalue weighted by molar-refractivity contribution is 6.45. The highest BCUT2D eigenvalue weighted by Crippen LogP contribution is 2.34. The first-order valence-corrected chi connectivity index (χ1v) is 10.3. The Bertz CT molecular complexity index is 632. The first-order chi connectivity index (χ1) is 12.7. The minimum atomic E-state index is 0.480. The third-order valence-electron chi connectivity index (χ3n) is 5.18. The minimum absolute atomic E-state index is 0.480. The van der Waals surface area contributed by atoms with Crippen LogP contribution in [0.1, 0.15) is 101 Å². The van der Waals surface area contributed by atoms with Gasteiger partial charge in [0.1, 0.15) is 0 Å². The maximum atomic E-state index is 3.59. The van der Waals surface area contributed by atoms with Crippen LogP contribution in [-0.4, -0.2) is 7.55 Å². The number of anilines is 2. The van der Waals surface area contributed by atoms with Crippen molar-refractivity contribution in [1.82, 2.24) is 0 Å². The van der Waals surface area contributed by atoms with Gasteiger partial charge in [0.25, 0.3) is 0 Å². The van der Waals surface area contributed by atoms with Crippen molar-refractivity contribution in [2.75, 3.05) is 10.5 Å². The molecular weight excluding hydrogens is 327 g/mol. The maximum absolute atomic E-state index is 3.59. The van der Waals surface area contributed by atoms with E-state index in [9.17, 15) is 0 Å². The molecular formula is C24H36BN2. The number of hydrogen-bond acceptors (Lipinski definition) is 2. The van der Waals surface area contributed by atoms with E-state index in [4.69, 9.17) is 0 Å². The van der Waals surface area contributed by atoms with Crippen molar-refractivity contribution in [1.29, 1.82) is 0 Å². The van der Waals surface area contributed by atoms with Crippen molar-refractivity contribution in [2.24, 2.45) is 0 Å². The Morgan fingerprint density at radius 1 is 0.519 bits per heavy atom. The first-order valence-electron chi connectivity index (χ1n) is 10.3. The Morgan fingerprint density at radius 3 is 1.00 bits per heavy atom. The van der Waals surface area contributed by atoms with Crippen LogP contribution in [0.4, 0.5) is 11.4 Å². The summed E-state index contributed by atoms with van der Waals surface area (Å²) in [6, 6.07) is 13.3. The van der Waals surface area contributed by atoms with E-state index in [1.54, 1.807) is 0 Å². The van der Waals surface area contributed by atoms with Gasteiger partial charge in [-0.1, -0.05) is 91.8 Å². The van der Waals surface area contributed by atoms with E-state index in [0.717, 1.165) is 0 Å². The van der Waals surface area contributed by atoms with Gasteiger partial charge in [0, 0.05) is 11.4 Å². The molecule has 0 aliphatic carbocycles. The fourth-order valence-electron chi connectivity index (χ4n) is 3.62. The standard InChI is InChI=1S/C24H36BN2/c1-15(2)19-11-9-12-20(16(3)4)23(19)26-25-27-24-21(17(5)6)13-10-14-22(24)18(7)8/h9-18,26-27H,1-8H3. The summed E-state index contributed by atoms with van der Waals surface area (Å²) in [7, 11) is 2.01. The Morgan fingerprint density at radius 2 is 0.778 bits per heavy atom. The Hall–Kier alpha value is -1.90. The van der Waals surface area contributed by atoms with Gasteiger partial charge in [-0.15, -0.1) is 0 Å². The van der Waals surface area contributed by atoms with E-state index in [1.807, 2.05) is 7.55 Å². The molecule has 0 aliphatic heterocycles. The van der Waals surface area contributed by atoms with Crippen LogP contribution < -0.4 is 10.5 Å². The van der Waals surface area contributed by atoms with Crippen LogP contribution in [0.3, 0.4) is 0 Å². The van der Waals surface area contributed by atoms with Gasteiger partial charge in [0.15, 0.2) is 0 Å². The fourth-order valence-corrected chi connectivity index (χ4v) is 3.62. The summed E-state index contributed by atoms with van der Waals surface area (Å²) in [4.78, 5) is 0. The summed E-state index contributed by atoms with van der Waals surface area (Å²) in [5.74, 6) is 1.92. The molecule has 2 N–H and O–H groups in total.